The summed E-state index contributed by atoms with van der Waals surface area (Å²) in [6.45, 7) is 26.0. The van der Waals surface area contributed by atoms with Crippen molar-refractivity contribution >= 4 is 17.5 Å². The molecule has 0 radical (unpaired) electrons. The second-order valence-corrected chi connectivity index (χ2v) is 12.1. The molecule has 1 atom stereocenters. The minimum absolute atomic E-state index is 0. The lowest BCUT2D eigenvalue weighted by atomic mass is 9.83. The molecule has 0 aromatic heterocycles. The molecule has 0 rings (SSSR count). The van der Waals surface area contributed by atoms with Gasteiger partial charge in [0.05, 0.1) is 6.04 Å². The maximum Gasteiger partial charge on any atom is 0.156 e. The van der Waals surface area contributed by atoms with Gasteiger partial charge in [0, 0.05) is 27.0 Å². The summed E-state index contributed by atoms with van der Waals surface area (Å²) in [7, 11) is 0. The lowest BCUT2D eigenvalue weighted by Gasteiger charge is -2.50. The smallest absolute Gasteiger partial charge is 0.156 e. The van der Waals surface area contributed by atoms with Gasteiger partial charge in [-0.05, 0) is 41.5 Å². The molecule has 140 valence electrons. The van der Waals surface area contributed by atoms with Crippen LogP contribution in [0, 0.1) is 5.41 Å². The van der Waals surface area contributed by atoms with Gasteiger partial charge in [-0.15, -0.1) is 0 Å². The average Bonchev–Trinajstić information content (AvgIpc) is 2.16. The molecule has 23 heavy (non-hydrogen) atoms. The molecule has 0 saturated carbocycles. The summed E-state index contributed by atoms with van der Waals surface area (Å²) in [6.07, 6.45) is 0. The highest BCUT2D eigenvalue weighted by molar-refractivity contribution is 8.00. The van der Waals surface area contributed by atoms with Gasteiger partial charge >= 0.3 is 0 Å². The first-order valence-corrected chi connectivity index (χ1v) is 9.33. The summed E-state index contributed by atoms with van der Waals surface area (Å²) in [4.78, 5) is 15.6. The average molecular weight is 346 g/mol. The fourth-order valence-electron chi connectivity index (χ4n) is 3.04. The largest absolute Gasteiger partial charge is 0.297 e. The van der Waals surface area contributed by atoms with Gasteiger partial charge in [-0.25, -0.2) is 0 Å². The third kappa shape index (κ3) is 8.58. The van der Waals surface area contributed by atoms with Crippen LogP contribution in [0.1, 0.15) is 90.5 Å². The predicted octanol–water partition coefficient (Wildman–Crippen LogP) is 6.04. The van der Waals surface area contributed by atoms with Crippen LogP contribution < -0.4 is 0 Å². The number of Topliss-reactive ketones (excluding diaryl/α,β-unsaturated/α-hetero) is 1. The van der Waals surface area contributed by atoms with Crippen molar-refractivity contribution in [2.45, 2.75) is 112 Å². The van der Waals surface area contributed by atoms with Crippen LogP contribution in [0.5, 0.6) is 0 Å². The number of carbonyl (C=O) groups excluding carboxylic acids is 1. The van der Waals surface area contributed by atoms with Crippen LogP contribution in [0.15, 0.2) is 0 Å². The third-order valence-corrected chi connectivity index (χ3v) is 4.82. The van der Waals surface area contributed by atoms with E-state index in [0.29, 0.717) is 5.78 Å². The van der Waals surface area contributed by atoms with Gasteiger partial charge in [0.25, 0.3) is 0 Å². The highest BCUT2D eigenvalue weighted by Crippen LogP contribution is 2.35. The molecule has 0 saturated heterocycles. The van der Waals surface area contributed by atoms with E-state index in [4.69, 9.17) is 0 Å². The normalized spacial score (nSPS) is 15.3. The molecule has 0 heterocycles. The number of hydrogen-bond donors (Lipinski definition) is 0. The van der Waals surface area contributed by atoms with Gasteiger partial charge in [-0.1, -0.05) is 49.0 Å². The molecule has 0 N–H and O–H groups in total. The highest BCUT2D eigenvalue weighted by Gasteiger charge is 2.43. The second-order valence-electron chi connectivity index (χ2n) is 10.3. The Bertz CT molecular complexity index is 360. The van der Waals surface area contributed by atoms with Crippen LogP contribution in [0.25, 0.3) is 0 Å². The first-order chi connectivity index (χ1) is 9.37. The van der Waals surface area contributed by atoms with Crippen molar-refractivity contribution in [1.29, 1.82) is 0 Å². The van der Waals surface area contributed by atoms with Crippen molar-refractivity contribution in [1.82, 2.24) is 4.90 Å². The number of hydrogen-bond acceptors (Lipinski definition) is 3. The zero-order valence-corrected chi connectivity index (χ0v) is 17.9. The molecule has 0 aliphatic carbocycles. The molecule has 0 aromatic rings. The molecule has 0 amide bonds. The Morgan fingerprint density at radius 2 is 1.17 bits per heavy atom. The van der Waals surface area contributed by atoms with Crippen molar-refractivity contribution in [2.24, 2.45) is 5.41 Å². The number of rotatable bonds is 4. The molecule has 0 spiro atoms. The van der Waals surface area contributed by atoms with E-state index >= 15 is 0 Å². The quantitative estimate of drug-likeness (QED) is 0.620. The molecule has 0 fully saturated rings. The Morgan fingerprint density at radius 3 is 1.39 bits per heavy atom. The van der Waals surface area contributed by atoms with E-state index in [9.17, 15) is 4.79 Å². The summed E-state index contributed by atoms with van der Waals surface area (Å²) < 4.78 is 0.165. The van der Waals surface area contributed by atoms with Crippen LogP contribution in [-0.4, -0.2) is 38.3 Å². The lowest BCUT2D eigenvalue weighted by molar-refractivity contribution is -0.136. The van der Waals surface area contributed by atoms with Crippen LogP contribution in [0.2, 0.25) is 0 Å². The van der Waals surface area contributed by atoms with Crippen molar-refractivity contribution in [3.8, 4) is 0 Å². The molecule has 0 bridgehead atoms. The number of ketones is 1. The summed E-state index contributed by atoms with van der Waals surface area (Å²) in [6, 6.07) is -0.0655. The maximum atomic E-state index is 13.2. The van der Waals surface area contributed by atoms with E-state index < -0.39 is 0 Å². The molecule has 0 aliphatic heterocycles. The molecular weight excluding hydrogens is 302 g/mol. The van der Waals surface area contributed by atoms with E-state index in [-0.39, 0.29) is 34.7 Å². The Kier molecular flexibility index (Phi) is 8.67. The predicted molar refractivity (Wildman–Crippen MR) is 109 cm³/mol. The van der Waals surface area contributed by atoms with E-state index in [1.54, 1.807) is 0 Å². The number of carbonyl (C=O) groups is 1. The molecule has 1 unspecified atom stereocenters. The SMILES string of the molecule is C.CC(C)(C)SCC(C(=O)C(C)(C)C)N(C(C)(C)C)C(C)(C)C. The molecule has 2 nitrogen and oxygen atoms in total. The Hall–Kier alpha value is -0.0200. The van der Waals surface area contributed by atoms with E-state index in [1.165, 1.54) is 0 Å². The van der Waals surface area contributed by atoms with Crippen LogP contribution in [0.4, 0.5) is 0 Å². The van der Waals surface area contributed by atoms with Gasteiger partial charge < -0.3 is 0 Å². The summed E-state index contributed by atoms with van der Waals surface area (Å²) in [5, 5.41) is 0. The highest BCUT2D eigenvalue weighted by atomic mass is 32.2. The third-order valence-electron chi connectivity index (χ3n) is 3.47. The molecule has 0 aromatic carbocycles. The van der Waals surface area contributed by atoms with Crippen molar-refractivity contribution in [2.75, 3.05) is 5.75 Å². The van der Waals surface area contributed by atoms with E-state index in [0.717, 1.165) is 5.75 Å². The fraction of sp³-hybridized carbons (Fsp3) is 0.950. The van der Waals surface area contributed by atoms with E-state index in [1.807, 2.05) is 32.5 Å². The number of nitrogens with zero attached hydrogens (tertiary/aromatic N) is 1. The van der Waals surface area contributed by atoms with Crippen molar-refractivity contribution < 1.29 is 4.79 Å². The summed E-state index contributed by atoms with van der Waals surface area (Å²) >= 11 is 1.88. The molecule has 3 heteroatoms. The van der Waals surface area contributed by atoms with Crippen molar-refractivity contribution in [3.63, 3.8) is 0 Å². The molecular formula is C20H43NOS. The maximum absolute atomic E-state index is 13.2. The van der Waals surface area contributed by atoms with Crippen LogP contribution in [-0.2, 0) is 4.79 Å². The Balaban J connectivity index is 0. The van der Waals surface area contributed by atoms with Gasteiger partial charge in [0.2, 0.25) is 0 Å². The van der Waals surface area contributed by atoms with Crippen LogP contribution >= 0.6 is 11.8 Å². The first kappa shape index (κ1) is 25.2. The topological polar surface area (TPSA) is 20.3 Å². The minimum Gasteiger partial charge on any atom is -0.297 e. The van der Waals surface area contributed by atoms with Gasteiger partial charge in [0.15, 0.2) is 5.78 Å². The Labute approximate surface area is 151 Å². The van der Waals surface area contributed by atoms with E-state index in [2.05, 4.69) is 67.2 Å². The lowest BCUT2D eigenvalue weighted by Crippen LogP contribution is -2.62. The van der Waals surface area contributed by atoms with Crippen LogP contribution in [0.3, 0.4) is 0 Å². The minimum atomic E-state index is -0.322. The zero-order chi connectivity index (χ0) is 18.1. The van der Waals surface area contributed by atoms with Gasteiger partial charge in [-0.3, -0.25) is 9.69 Å². The monoisotopic (exact) mass is 345 g/mol. The molecule has 0 aliphatic rings. The van der Waals surface area contributed by atoms with Gasteiger partial charge in [0.1, 0.15) is 0 Å². The summed E-state index contributed by atoms with van der Waals surface area (Å²) in [5.74, 6) is 1.18. The first-order valence-electron chi connectivity index (χ1n) is 8.35. The standard InChI is InChI=1S/C19H39NOS.CH4/c1-16(2,3)15(21)14(13-22-19(10,11)12)20(17(4,5)6)18(7,8)9;/h14H,13H2,1-12H3;1H4. The second kappa shape index (κ2) is 7.91. The zero-order valence-electron chi connectivity index (χ0n) is 17.0. The number of thioether (sulfide) groups is 1. The van der Waals surface area contributed by atoms with Crippen molar-refractivity contribution in [3.05, 3.63) is 0 Å². The summed E-state index contributed by atoms with van der Waals surface area (Å²) in [5.41, 5.74) is -0.428. The van der Waals surface area contributed by atoms with Gasteiger partial charge in [-0.2, -0.15) is 11.8 Å². The Morgan fingerprint density at radius 1 is 0.826 bits per heavy atom. The fourth-order valence-corrected chi connectivity index (χ4v) is 4.00.